The molecule has 0 aliphatic rings. The van der Waals surface area contributed by atoms with Crippen LogP contribution in [-0.4, -0.2) is 24.6 Å². The van der Waals surface area contributed by atoms with Gasteiger partial charge in [0.2, 0.25) is 5.91 Å². The minimum absolute atomic E-state index is 0.0627. The summed E-state index contributed by atoms with van der Waals surface area (Å²) in [5.41, 5.74) is 2.92. The molecule has 1 amide bonds. The van der Waals surface area contributed by atoms with E-state index < -0.39 is 0 Å². The lowest BCUT2D eigenvalue weighted by molar-refractivity contribution is -0.116. The van der Waals surface area contributed by atoms with Crippen LogP contribution in [0.25, 0.3) is 22.0 Å². The molecule has 0 aliphatic carbocycles. The molecule has 3 aromatic carbocycles. The summed E-state index contributed by atoms with van der Waals surface area (Å²) in [5, 5.41) is 7.86. The molecule has 4 aromatic rings. The van der Waals surface area contributed by atoms with E-state index in [4.69, 9.17) is 9.47 Å². The summed E-state index contributed by atoms with van der Waals surface area (Å²) in [7, 11) is 1.62. The van der Waals surface area contributed by atoms with Gasteiger partial charge in [-0.15, -0.1) is 11.3 Å². The number of thiazole rings is 1. The predicted octanol–water partition coefficient (Wildman–Crippen LogP) is 5.94. The Morgan fingerprint density at radius 3 is 2.68 bits per heavy atom. The predicted molar refractivity (Wildman–Crippen MR) is 126 cm³/mol. The Morgan fingerprint density at radius 1 is 1.03 bits per heavy atom. The molecule has 0 saturated heterocycles. The minimum Gasteiger partial charge on any atom is -0.493 e. The van der Waals surface area contributed by atoms with Crippen molar-refractivity contribution in [2.75, 3.05) is 19.0 Å². The molecule has 158 valence electrons. The number of hydrogen-bond acceptors (Lipinski definition) is 5. The van der Waals surface area contributed by atoms with E-state index in [1.807, 2.05) is 42.6 Å². The average molecular weight is 433 g/mol. The first kappa shape index (κ1) is 20.9. The highest BCUT2D eigenvalue weighted by molar-refractivity contribution is 7.14. The lowest BCUT2D eigenvalue weighted by Gasteiger charge is -2.10. The van der Waals surface area contributed by atoms with Crippen LogP contribution in [-0.2, 0) is 11.2 Å². The van der Waals surface area contributed by atoms with Gasteiger partial charge in [0.05, 0.1) is 19.4 Å². The highest BCUT2D eigenvalue weighted by Crippen LogP contribution is 2.29. The molecule has 1 aromatic heterocycles. The molecular weight excluding hydrogens is 408 g/mol. The number of aromatic nitrogens is 1. The molecular formula is C25H24N2O3S. The molecule has 0 radical (unpaired) electrons. The van der Waals surface area contributed by atoms with Gasteiger partial charge in [-0.3, -0.25) is 4.79 Å². The molecule has 0 fully saturated rings. The second-order valence-electron chi connectivity index (χ2n) is 7.07. The number of nitrogens with zero attached hydrogens (tertiary/aromatic N) is 1. The van der Waals surface area contributed by atoms with E-state index >= 15 is 0 Å². The van der Waals surface area contributed by atoms with Gasteiger partial charge in [0.15, 0.2) is 16.6 Å². The Bertz CT molecular complexity index is 1200. The third-order valence-electron chi connectivity index (χ3n) is 4.96. The van der Waals surface area contributed by atoms with E-state index in [1.165, 1.54) is 22.1 Å². The summed E-state index contributed by atoms with van der Waals surface area (Å²) >= 11 is 1.43. The molecule has 0 bridgehead atoms. The number of benzene rings is 3. The van der Waals surface area contributed by atoms with Crippen molar-refractivity contribution in [3.63, 3.8) is 0 Å². The molecule has 1 heterocycles. The zero-order chi connectivity index (χ0) is 21.6. The van der Waals surface area contributed by atoms with Crippen LogP contribution in [0.2, 0.25) is 0 Å². The lowest BCUT2D eigenvalue weighted by atomic mass is 10.1. The molecule has 6 heteroatoms. The van der Waals surface area contributed by atoms with Crippen LogP contribution in [0.15, 0.2) is 66.0 Å². The summed E-state index contributed by atoms with van der Waals surface area (Å²) in [6, 6.07) is 20.3. The fourth-order valence-electron chi connectivity index (χ4n) is 3.39. The highest BCUT2D eigenvalue weighted by atomic mass is 32.1. The third kappa shape index (κ3) is 5.03. The van der Waals surface area contributed by atoms with Gasteiger partial charge in [0.1, 0.15) is 0 Å². The van der Waals surface area contributed by atoms with E-state index in [0.29, 0.717) is 36.1 Å². The van der Waals surface area contributed by atoms with Gasteiger partial charge >= 0.3 is 0 Å². The van der Waals surface area contributed by atoms with E-state index in [-0.39, 0.29) is 5.91 Å². The number of rotatable bonds is 8. The maximum atomic E-state index is 12.4. The van der Waals surface area contributed by atoms with Gasteiger partial charge < -0.3 is 14.8 Å². The SMILES string of the molecule is CCOc1ccc(CCC(=O)Nc2nc(-c3ccc4ccccc4c3)cs2)cc1OC. The van der Waals surface area contributed by atoms with Crippen LogP contribution in [0.3, 0.4) is 0 Å². The van der Waals surface area contributed by atoms with Crippen molar-refractivity contribution in [2.45, 2.75) is 19.8 Å². The summed E-state index contributed by atoms with van der Waals surface area (Å²) in [6.45, 7) is 2.51. The zero-order valence-electron chi connectivity index (χ0n) is 17.6. The second-order valence-corrected chi connectivity index (χ2v) is 7.92. The molecule has 4 rings (SSSR count). The van der Waals surface area contributed by atoms with Crippen LogP contribution < -0.4 is 14.8 Å². The number of fused-ring (bicyclic) bond motifs is 1. The molecule has 1 N–H and O–H groups in total. The number of nitrogens with one attached hydrogen (secondary N) is 1. The Labute approximate surface area is 185 Å². The summed E-state index contributed by atoms with van der Waals surface area (Å²) in [4.78, 5) is 17.0. The van der Waals surface area contributed by atoms with Crippen molar-refractivity contribution in [1.29, 1.82) is 0 Å². The van der Waals surface area contributed by atoms with Crippen LogP contribution in [0.5, 0.6) is 11.5 Å². The van der Waals surface area contributed by atoms with E-state index in [1.54, 1.807) is 7.11 Å². The normalized spacial score (nSPS) is 10.8. The minimum atomic E-state index is -0.0627. The highest BCUT2D eigenvalue weighted by Gasteiger charge is 2.11. The van der Waals surface area contributed by atoms with Crippen LogP contribution in [0.4, 0.5) is 5.13 Å². The Hall–Kier alpha value is -3.38. The van der Waals surface area contributed by atoms with Crippen LogP contribution >= 0.6 is 11.3 Å². The molecule has 31 heavy (non-hydrogen) atoms. The number of ether oxygens (including phenoxy) is 2. The first-order valence-corrected chi connectivity index (χ1v) is 11.1. The quantitative estimate of drug-likeness (QED) is 0.374. The van der Waals surface area contributed by atoms with Crippen LogP contribution in [0.1, 0.15) is 18.9 Å². The van der Waals surface area contributed by atoms with E-state index in [9.17, 15) is 4.79 Å². The monoisotopic (exact) mass is 432 g/mol. The number of carbonyl (C=O) groups is 1. The van der Waals surface area contributed by atoms with Crippen molar-refractivity contribution in [3.8, 4) is 22.8 Å². The third-order valence-corrected chi connectivity index (χ3v) is 5.72. The van der Waals surface area contributed by atoms with Crippen molar-refractivity contribution in [1.82, 2.24) is 4.98 Å². The fourth-order valence-corrected chi connectivity index (χ4v) is 4.13. The largest absolute Gasteiger partial charge is 0.493 e. The van der Waals surface area contributed by atoms with Gasteiger partial charge in [-0.2, -0.15) is 0 Å². The van der Waals surface area contributed by atoms with E-state index in [2.05, 4.69) is 40.6 Å². The van der Waals surface area contributed by atoms with Crippen molar-refractivity contribution >= 4 is 33.1 Å². The van der Waals surface area contributed by atoms with Gasteiger partial charge in [-0.05, 0) is 47.9 Å². The number of aryl methyl sites for hydroxylation is 1. The van der Waals surface area contributed by atoms with E-state index in [0.717, 1.165) is 16.8 Å². The molecule has 0 aliphatic heterocycles. The number of anilines is 1. The standard InChI is InChI=1S/C25H24N2O3S/c1-3-30-22-12-8-17(14-23(22)29-2)9-13-24(28)27-25-26-21(16-31-25)20-11-10-18-6-4-5-7-19(18)15-20/h4-8,10-12,14-16H,3,9,13H2,1-2H3,(H,26,27,28). The number of amides is 1. The first-order chi connectivity index (χ1) is 15.2. The second kappa shape index (κ2) is 9.62. The summed E-state index contributed by atoms with van der Waals surface area (Å²) in [5.74, 6) is 1.33. The van der Waals surface area contributed by atoms with Crippen molar-refractivity contribution in [2.24, 2.45) is 0 Å². The van der Waals surface area contributed by atoms with Crippen LogP contribution in [0, 0.1) is 0 Å². The number of hydrogen-bond donors (Lipinski definition) is 1. The maximum absolute atomic E-state index is 12.4. The average Bonchev–Trinajstić information content (AvgIpc) is 3.26. The van der Waals surface area contributed by atoms with Crippen molar-refractivity contribution < 1.29 is 14.3 Å². The Balaban J connectivity index is 1.37. The molecule has 0 atom stereocenters. The van der Waals surface area contributed by atoms with Gasteiger partial charge in [0, 0.05) is 17.4 Å². The lowest BCUT2D eigenvalue weighted by Crippen LogP contribution is -2.12. The van der Waals surface area contributed by atoms with Gasteiger partial charge in [-0.25, -0.2) is 4.98 Å². The maximum Gasteiger partial charge on any atom is 0.226 e. The van der Waals surface area contributed by atoms with Crippen molar-refractivity contribution in [3.05, 3.63) is 71.6 Å². The summed E-state index contributed by atoms with van der Waals surface area (Å²) < 4.78 is 10.9. The molecule has 5 nitrogen and oxygen atoms in total. The fraction of sp³-hybridized carbons (Fsp3) is 0.200. The Kier molecular flexibility index (Phi) is 6.48. The summed E-state index contributed by atoms with van der Waals surface area (Å²) in [6.07, 6.45) is 0.972. The smallest absolute Gasteiger partial charge is 0.226 e. The number of carbonyl (C=O) groups excluding carboxylic acids is 1. The molecule has 0 unspecified atom stereocenters. The number of methoxy groups -OCH3 is 1. The van der Waals surface area contributed by atoms with Gasteiger partial charge in [-0.1, -0.05) is 42.5 Å². The molecule has 0 spiro atoms. The molecule has 0 saturated carbocycles. The first-order valence-electron chi connectivity index (χ1n) is 10.2. The topological polar surface area (TPSA) is 60.5 Å². The zero-order valence-corrected chi connectivity index (χ0v) is 18.4. The van der Waals surface area contributed by atoms with Gasteiger partial charge in [0.25, 0.3) is 0 Å². The Morgan fingerprint density at radius 2 is 1.87 bits per heavy atom.